The molecule has 0 amide bonds. The number of hydrazine groups is 1. The van der Waals surface area contributed by atoms with Crippen molar-refractivity contribution in [2.24, 2.45) is 5.84 Å². The van der Waals surface area contributed by atoms with Crippen molar-refractivity contribution in [2.45, 2.75) is 6.18 Å². The highest BCUT2D eigenvalue weighted by Crippen LogP contribution is 2.32. The summed E-state index contributed by atoms with van der Waals surface area (Å²) in [5, 5.41) is 0. The fraction of sp³-hybridized carbons (Fsp3) is 0.0909. The van der Waals surface area contributed by atoms with Gasteiger partial charge in [0, 0.05) is 6.07 Å². The minimum Gasteiger partial charge on any atom is -0.438 e. The number of alkyl halides is 3. The van der Waals surface area contributed by atoms with Gasteiger partial charge in [0.2, 0.25) is 11.8 Å². The number of nitrogens with two attached hydrogens (primary N) is 1. The molecule has 0 saturated carbocycles. The van der Waals surface area contributed by atoms with Crippen LogP contribution in [0.15, 0.2) is 30.3 Å². The molecule has 3 N–H and O–H groups in total. The molecule has 0 spiro atoms. The number of benzene rings is 1. The number of rotatable bonds is 3. The fourth-order valence-corrected chi connectivity index (χ4v) is 1.82. The number of hydrogen-bond acceptors (Lipinski definition) is 5. The topological polar surface area (TPSA) is 73.1 Å². The first-order valence-corrected chi connectivity index (χ1v) is 6.33. The van der Waals surface area contributed by atoms with Gasteiger partial charge in [-0.25, -0.2) is 10.8 Å². The standard InChI is InChI=1S/C11H8F3IN4O/c12-11(13,14)8-5-9(18-10(17-8)19-16)20-7-4-2-1-3-6(7)15/h1-5H,16H2,(H,17,18,19). The van der Waals surface area contributed by atoms with E-state index in [0.717, 1.165) is 3.57 Å². The van der Waals surface area contributed by atoms with E-state index in [0.29, 0.717) is 11.8 Å². The summed E-state index contributed by atoms with van der Waals surface area (Å²) >= 11 is 2.00. The first kappa shape index (κ1) is 14.8. The van der Waals surface area contributed by atoms with Crippen LogP contribution in [-0.2, 0) is 6.18 Å². The van der Waals surface area contributed by atoms with Crippen LogP contribution in [0, 0.1) is 3.57 Å². The summed E-state index contributed by atoms with van der Waals surface area (Å²) in [4.78, 5) is 6.96. The Morgan fingerprint density at radius 1 is 1.20 bits per heavy atom. The Hall–Kier alpha value is -1.62. The van der Waals surface area contributed by atoms with Crippen LogP contribution in [0.5, 0.6) is 11.6 Å². The zero-order valence-electron chi connectivity index (χ0n) is 9.78. The van der Waals surface area contributed by atoms with Crippen molar-refractivity contribution >= 4 is 28.5 Å². The van der Waals surface area contributed by atoms with Crippen LogP contribution in [0.25, 0.3) is 0 Å². The first-order chi connectivity index (χ1) is 9.40. The summed E-state index contributed by atoms with van der Waals surface area (Å²) in [6.07, 6.45) is -4.61. The van der Waals surface area contributed by atoms with E-state index in [-0.39, 0.29) is 11.8 Å². The molecule has 0 aliphatic rings. The van der Waals surface area contributed by atoms with Crippen molar-refractivity contribution in [3.63, 3.8) is 0 Å². The minimum absolute atomic E-state index is 0.246. The Labute approximate surface area is 125 Å². The lowest BCUT2D eigenvalue weighted by atomic mass is 10.3. The molecule has 106 valence electrons. The number of ether oxygens (including phenoxy) is 1. The number of nitrogen functional groups attached to an aromatic ring is 1. The molecule has 5 nitrogen and oxygen atoms in total. The zero-order valence-corrected chi connectivity index (χ0v) is 11.9. The third-order valence-corrected chi connectivity index (χ3v) is 3.06. The van der Waals surface area contributed by atoms with E-state index in [9.17, 15) is 13.2 Å². The lowest BCUT2D eigenvalue weighted by Crippen LogP contribution is -2.15. The molecule has 0 atom stereocenters. The maximum atomic E-state index is 12.7. The van der Waals surface area contributed by atoms with Gasteiger partial charge in [-0.1, -0.05) is 12.1 Å². The van der Waals surface area contributed by atoms with Crippen LogP contribution in [0.3, 0.4) is 0 Å². The molecule has 0 saturated heterocycles. The average Bonchev–Trinajstić information content (AvgIpc) is 2.40. The molecule has 1 aromatic carbocycles. The maximum absolute atomic E-state index is 12.7. The minimum atomic E-state index is -4.61. The number of hydrogen-bond donors (Lipinski definition) is 2. The predicted octanol–water partition coefficient (Wildman–Crippen LogP) is 3.18. The summed E-state index contributed by atoms with van der Waals surface area (Å²) in [5.41, 5.74) is 0.839. The Balaban J connectivity index is 2.39. The number of para-hydroxylation sites is 1. The molecular formula is C11H8F3IN4O. The van der Waals surface area contributed by atoms with E-state index in [4.69, 9.17) is 10.6 Å². The van der Waals surface area contributed by atoms with Crippen LogP contribution in [0.2, 0.25) is 0 Å². The predicted molar refractivity (Wildman–Crippen MR) is 74.1 cm³/mol. The smallest absolute Gasteiger partial charge is 0.433 e. The summed E-state index contributed by atoms with van der Waals surface area (Å²) in [7, 11) is 0. The summed E-state index contributed by atoms with van der Waals surface area (Å²) in [6.45, 7) is 0. The number of anilines is 1. The van der Waals surface area contributed by atoms with Gasteiger partial charge >= 0.3 is 6.18 Å². The Kier molecular flexibility index (Phi) is 4.28. The molecule has 0 bridgehead atoms. The highest BCUT2D eigenvalue weighted by atomic mass is 127. The quantitative estimate of drug-likeness (QED) is 0.474. The van der Waals surface area contributed by atoms with Gasteiger partial charge in [-0.3, -0.25) is 5.43 Å². The van der Waals surface area contributed by atoms with Gasteiger partial charge < -0.3 is 4.74 Å². The lowest BCUT2D eigenvalue weighted by Gasteiger charge is -2.11. The van der Waals surface area contributed by atoms with E-state index in [1.807, 2.05) is 28.0 Å². The number of halogens is 4. The molecule has 0 fully saturated rings. The summed E-state index contributed by atoms with van der Waals surface area (Å²) < 4.78 is 44.1. The maximum Gasteiger partial charge on any atom is 0.433 e. The van der Waals surface area contributed by atoms with Crippen LogP contribution >= 0.6 is 22.6 Å². The SMILES string of the molecule is NNc1nc(Oc2ccccc2I)cc(C(F)(F)F)n1. The Morgan fingerprint density at radius 2 is 1.90 bits per heavy atom. The van der Waals surface area contributed by atoms with E-state index in [1.165, 1.54) is 0 Å². The fourth-order valence-electron chi connectivity index (χ4n) is 1.33. The molecule has 1 heterocycles. The monoisotopic (exact) mass is 396 g/mol. The molecule has 0 aliphatic carbocycles. The molecular weight excluding hydrogens is 388 g/mol. The van der Waals surface area contributed by atoms with E-state index in [1.54, 1.807) is 24.3 Å². The van der Waals surface area contributed by atoms with Crippen molar-refractivity contribution in [1.82, 2.24) is 9.97 Å². The number of aromatic nitrogens is 2. The third-order valence-electron chi connectivity index (χ3n) is 2.17. The zero-order chi connectivity index (χ0) is 14.8. The highest BCUT2D eigenvalue weighted by Gasteiger charge is 2.34. The van der Waals surface area contributed by atoms with Crippen molar-refractivity contribution < 1.29 is 17.9 Å². The van der Waals surface area contributed by atoms with Crippen molar-refractivity contribution in [2.75, 3.05) is 5.43 Å². The molecule has 0 radical (unpaired) electrons. The van der Waals surface area contributed by atoms with Gasteiger partial charge in [0.1, 0.15) is 5.75 Å². The molecule has 0 aliphatic heterocycles. The van der Waals surface area contributed by atoms with Crippen LogP contribution in [0.1, 0.15) is 5.69 Å². The Morgan fingerprint density at radius 3 is 2.50 bits per heavy atom. The molecule has 2 rings (SSSR count). The highest BCUT2D eigenvalue weighted by molar-refractivity contribution is 14.1. The molecule has 0 unspecified atom stereocenters. The molecule has 2 aromatic rings. The van der Waals surface area contributed by atoms with Gasteiger partial charge in [-0.05, 0) is 34.7 Å². The largest absolute Gasteiger partial charge is 0.438 e. The van der Waals surface area contributed by atoms with Gasteiger partial charge in [0.05, 0.1) is 3.57 Å². The number of nitrogens with zero attached hydrogens (tertiary/aromatic N) is 2. The second kappa shape index (κ2) is 5.79. The van der Waals surface area contributed by atoms with Crippen molar-refractivity contribution in [1.29, 1.82) is 0 Å². The van der Waals surface area contributed by atoms with Crippen molar-refractivity contribution in [3.05, 3.63) is 39.6 Å². The second-order valence-electron chi connectivity index (χ2n) is 3.59. The number of nitrogens with one attached hydrogen (secondary N) is 1. The lowest BCUT2D eigenvalue weighted by molar-refractivity contribution is -0.141. The van der Waals surface area contributed by atoms with E-state index < -0.39 is 11.9 Å². The summed E-state index contributed by atoms with van der Waals surface area (Å²) in [6, 6.07) is 7.56. The molecule has 9 heteroatoms. The van der Waals surface area contributed by atoms with Crippen LogP contribution in [0.4, 0.5) is 19.1 Å². The molecule has 1 aromatic heterocycles. The van der Waals surface area contributed by atoms with Gasteiger partial charge in [0.25, 0.3) is 0 Å². The van der Waals surface area contributed by atoms with Crippen LogP contribution in [-0.4, -0.2) is 9.97 Å². The van der Waals surface area contributed by atoms with Crippen molar-refractivity contribution in [3.8, 4) is 11.6 Å². The van der Waals surface area contributed by atoms with Crippen LogP contribution < -0.4 is 16.0 Å². The van der Waals surface area contributed by atoms with Gasteiger partial charge in [-0.2, -0.15) is 18.2 Å². The third kappa shape index (κ3) is 3.48. The molecule has 20 heavy (non-hydrogen) atoms. The average molecular weight is 396 g/mol. The first-order valence-electron chi connectivity index (χ1n) is 5.25. The second-order valence-corrected chi connectivity index (χ2v) is 4.75. The normalized spacial score (nSPS) is 11.2. The Bertz CT molecular complexity index is 621. The summed E-state index contributed by atoms with van der Waals surface area (Å²) in [5.74, 6) is 4.83. The van der Waals surface area contributed by atoms with E-state index in [2.05, 4.69) is 9.97 Å². The van der Waals surface area contributed by atoms with E-state index >= 15 is 0 Å². The van der Waals surface area contributed by atoms with Gasteiger partial charge in [-0.15, -0.1) is 0 Å². The van der Waals surface area contributed by atoms with Gasteiger partial charge in [0.15, 0.2) is 5.69 Å².